The average molecular weight is 328 g/mol. The summed E-state index contributed by atoms with van der Waals surface area (Å²) in [6, 6.07) is 13.1. The maximum absolute atomic E-state index is 12.8. The Morgan fingerprint density at radius 2 is 2.13 bits per heavy atom. The summed E-state index contributed by atoms with van der Waals surface area (Å²) in [6.45, 7) is 1.40. The number of carbonyl (C=O) groups excluding carboxylic acids is 1. The van der Waals surface area contributed by atoms with Gasteiger partial charge >= 0.3 is 0 Å². The first-order valence-corrected chi connectivity index (χ1v) is 7.74. The molecule has 0 saturated heterocycles. The zero-order valence-corrected chi connectivity index (χ0v) is 13.0. The second kappa shape index (κ2) is 5.59. The summed E-state index contributed by atoms with van der Waals surface area (Å²) in [5, 5.41) is 0.630. The standard InChI is InChI=1S/C17H14ClN3O2/c18-12-5-6-15-11(9-12)10-21(7-8-23-15)17(22)16-19-13-3-1-2-4-14(13)20-16/h1-6,9H,7-8,10H2,(H,19,20). The van der Waals surface area contributed by atoms with Gasteiger partial charge in [-0.3, -0.25) is 4.79 Å². The second-order valence-electron chi connectivity index (χ2n) is 5.43. The van der Waals surface area contributed by atoms with E-state index in [1.165, 1.54) is 0 Å². The van der Waals surface area contributed by atoms with Crippen LogP contribution >= 0.6 is 11.6 Å². The van der Waals surface area contributed by atoms with E-state index in [9.17, 15) is 4.79 Å². The highest BCUT2D eigenvalue weighted by Crippen LogP contribution is 2.27. The van der Waals surface area contributed by atoms with Gasteiger partial charge in [-0.05, 0) is 30.3 Å². The molecule has 4 rings (SSSR count). The first-order valence-electron chi connectivity index (χ1n) is 7.36. The van der Waals surface area contributed by atoms with Crippen LogP contribution in [-0.2, 0) is 6.54 Å². The van der Waals surface area contributed by atoms with Crippen molar-refractivity contribution in [1.82, 2.24) is 14.9 Å². The Hall–Kier alpha value is -2.53. The summed E-state index contributed by atoms with van der Waals surface area (Å²) in [5.74, 6) is 0.976. The third-order valence-corrected chi connectivity index (χ3v) is 4.12. The molecule has 1 aliphatic rings. The molecule has 2 aromatic carbocycles. The van der Waals surface area contributed by atoms with Crippen LogP contribution in [0.2, 0.25) is 5.02 Å². The molecule has 0 aliphatic carbocycles. The molecule has 5 nitrogen and oxygen atoms in total. The number of halogens is 1. The molecule has 6 heteroatoms. The van der Waals surface area contributed by atoms with Crippen molar-refractivity contribution >= 4 is 28.5 Å². The van der Waals surface area contributed by atoms with Crippen molar-refractivity contribution in [3.63, 3.8) is 0 Å². The fourth-order valence-corrected chi connectivity index (χ4v) is 2.93. The fraction of sp³-hybridized carbons (Fsp3) is 0.176. The predicted octanol–water partition coefficient (Wildman–Crippen LogP) is 3.25. The van der Waals surface area contributed by atoms with Crippen LogP contribution in [0.3, 0.4) is 0 Å². The van der Waals surface area contributed by atoms with Crippen LogP contribution in [0.5, 0.6) is 5.75 Å². The van der Waals surface area contributed by atoms with Crippen molar-refractivity contribution in [3.8, 4) is 5.75 Å². The van der Waals surface area contributed by atoms with E-state index in [1.807, 2.05) is 36.4 Å². The quantitative estimate of drug-likeness (QED) is 0.746. The number of nitrogens with one attached hydrogen (secondary N) is 1. The number of aromatic amines is 1. The van der Waals surface area contributed by atoms with Crippen molar-refractivity contribution in [2.45, 2.75) is 6.54 Å². The molecule has 0 atom stereocenters. The number of nitrogens with zero attached hydrogens (tertiary/aromatic N) is 2. The van der Waals surface area contributed by atoms with Gasteiger partial charge in [-0.2, -0.15) is 0 Å². The lowest BCUT2D eigenvalue weighted by Gasteiger charge is -2.18. The van der Waals surface area contributed by atoms with Gasteiger partial charge in [0.1, 0.15) is 12.4 Å². The molecular weight excluding hydrogens is 314 g/mol. The molecule has 116 valence electrons. The van der Waals surface area contributed by atoms with Crippen LogP contribution in [0.25, 0.3) is 11.0 Å². The third-order valence-electron chi connectivity index (χ3n) is 3.88. The van der Waals surface area contributed by atoms with Crippen LogP contribution in [0.1, 0.15) is 16.2 Å². The number of aromatic nitrogens is 2. The molecule has 1 aliphatic heterocycles. The van der Waals surface area contributed by atoms with Gasteiger partial charge in [0.2, 0.25) is 0 Å². The van der Waals surface area contributed by atoms with E-state index in [0.717, 1.165) is 22.3 Å². The molecule has 1 amide bonds. The van der Waals surface area contributed by atoms with E-state index in [-0.39, 0.29) is 5.91 Å². The van der Waals surface area contributed by atoms with Gasteiger partial charge < -0.3 is 14.6 Å². The second-order valence-corrected chi connectivity index (χ2v) is 5.87. The molecule has 0 bridgehead atoms. The summed E-state index contributed by atoms with van der Waals surface area (Å²) >= 11 is 6.05. The Morgan fingerprint density at radius 1 is 1.26 bits per heavy atom. The number of fused-ring (bicyclic) bond motifs is 2. The molecule has 0 unspecified atom stereocenters. The number of ether oxygens (including phenoxy) is 1. The minimum absolute atomic E-state index is 0.141. The largest absolute Gasteiger partial charge is 0.491 e. The van der Waals surface area contributed by atoms with Crippen LogP contribution in [0.4, 0.5) is 0 Å². The molecule has 0 radical (unpaired) electrons. The topological polar surface area (TPSA) is 58.2 Å². The number of H-pyrrole nitrogens is 1. The van der Waals surface area contributed by atoms with Crippen molar-refractivity contribution in [2.75, 3.05) is 13.2 Å². The average Bonchev–Trinajstić information content (AvgIpc) is 2.88. The molecule has 2 heterocycles. The van der Waals surface area contributed by atoms with Crippen LogP contribution in [0, 0.1) is 0 Å². The predicted molar refractivity (Wildman–Crippen MR) is 87.8 cm³/mol. The van der Waals surface area contributed by atoms with Gasteiger partial charge in [0.15, 0.2) is 5.82 Å². The molecule has 0 saturated carbocycles. The Labute approximate surface area is 137 Å². The molecule has 23 heavy (non-hydrogen) atoms. The molecule has 0 fully saturated rings. The lowest BCUT2D eigenvalue weighted by atomic mass is 10.2. The van der Waals surface area contributed by atoms with E-state index in [1.54, 1.807) is 11.0 Å². The first kappa shape index (κ1) is 14.1. The normalized spacial score (nSPS) is 14.2. The highest BCUT2D eigenvalue weighted by atomic mass is 35.5. The van der Waals surface area contributed by atoms with Crippen molar-refractivity contribution in [3.05, 3.63) is 58.9 Å². The number of benzene rings is 2. The van der Waals surface area contributed by atoms with Gasteiger partial charge in [-0.1, -0.05) is 23.7 Å². The number of amides is 1. The highest BCUT2D eigenvalue weighted by molar-refractivity contribution is 6.30. The summed E-state index contributed by atoms with van der Waals surface area (Å²) in [4.78, 5) is 21.9. The number of carbonyl (C=O) groups is 1. The van der Waals surface area contributed by atoms with Gasteiger partial charge in [-0.25, -0.2) is 4.98 Å². The number of hydrogen-bond donors (Lipinski definition) is 1. The molecular formula is C17H14ClN3O2. The molecule has 3 aromatic rings. The van der Waals surface area contributed by atoms with E-state index in [0.29, 0.717) is 30.5 Å². The van der Waals surface area contributed by atoms with E-state index < -0.39 is 0 Å². The zero-order chi connectivity index (χ0) is 15.8. The fourth-order valence-electron chi connectivity index (χ4n) is 2.74. The summed E-state index contributed by atoms with van der Waals surface area (Å²) in [6.07, 6.45) is 0. The highest BCUT2D eigenvalue weighted by Gasteiger charge is 2.23. The summed E-state index contributed by atoms with van der Waals surface area (Å²) < 4.78 is 5.70. The van der Waals surface area contributed by atoms with Gasteiger partial charge in [0.05, 0.1) is 17.6 Å². The summed E-state index contributed by atoms with van der Waals surface area (Å²) in [7, 11) is 0. The minimum atomic E-state index is -0.141. The van der Waals surface area contributed by atoms with Crippen molar-refractivity contribution in [1.29, 1.82) is 0 Å². The lowest BCUT2D eigenvalue weighted by Crippen LogP contribution is -2.33. The maximum atomic E-state index is 12.8. The van der Waals surface area contributed by atoms with Crippen LogP contribution in [-0.4, -0.2) is 33.9 Å². The van der Waals surface area contributed by atoms with Crippen molar-refractivity contribution in [2.24, 2.45) is 0 Å². The Balaban J connectivity index is 1.65. The van der Waals surface area contributed by atoms with E-state index in [4.69, 9.17) is 16.3 Å². The summed E-state index contributed by atoms with van der Waals surface area (Å²) in [5.41, 5.74) is 2.54. The SMILES string of the molecule is O=C(c1nc2ccccc2[nH]1)N1CCOc2ccc(Cl)cc2C1. The number of imidazole rings is 1. The van der Waals surface area contributed by atoms with Crippen LogP contribution < -0.4 is 4.74 Å². The Morgan fingerprint density at radius 3 is 3.00 bits per heavy atom. The molecule has 0 spiro atoms. The number of rotatable bonds is 1. The molecule has 1 N–H and O–H groups in total. The lowest BCUT2D eigenvalue weighted by molar-refractivity contribution is 0.0722. The maximum Gasteiger partial charge on any atom is 0.290 e. The zero-order valence-electron chi connectivity index (χ0n) is 12.3. The van der Waals surface area contributed by atoms with E-state index >= 15 is 0 Å². The van der Waals surface area contributed by atoms with Crippen molar-refractivity contribution < 1.29 is 9.53 Å². The Kier molecular flexibility index (Phi) is 3.42. The first-order chi connectivity index (χ1) is 11.2. The van der Waals surface area contributed by atoms with E-state index in [2.05, 4.69) is 9.97 Å². The Bertz CT molecular complexity index is 857. The smallest absolute Gasteiger partial charge is 0.290 e. The number of hydrogen-bond acceptors (Lipinski definition) is 3. The number of para-hydroxylation sites is 2. The van der Waals surface area contributed by atoms with Gasteiger partial charge in [-0.15, -0.1) is 0 Å². The monoisotopic (exact) mass is 327 g/mol. The van der Waals surface area contributed by atoms with Gasteiger partial charge in [0, 0.05) is 17.1 Å². The van der Waals surface area contributed by atoms with Crippen LogP contribution in [0.15, 0.2) is 42.5 Å². The third kappa shape index (κ3) is 2.64. The minimum Gasteiger partial charge on any atom is -0.491 e. The molecule has 1 aromatic heterocycles. The van der Waals surface area contributed by atoms with Gasteiger partial charge in [0.25, 0.3) is 5.91 Å².